The molecule has 21 heavy (non-hydrogen) atoms. The van der Waals surface area contributed by atoms with E-state index >= 15 is 0 Å². The number of likely N-dealkylation sites (tertiary alicyclic amines) is 1. The van der Waals surface area contributed by atoms with Gasteiger partial charge in [-0.15, -0.1) is 0 Å². The highest BCUT2D eigenvalue weighted by molar-refractivity contribution is 5.38. The lowest BCUT2D eigenvalue weighted by atomic mass is 10.2. The lowest BCUT2D eigenvalue weighted by Crippen LogP contribution is -2.35. The summed E-state index contributed by atoms with van der Waals surface area (Å²) in [6.45, 7) is 5.67. The van der Waals surface area contributed by atoms with Gasteiger partial charge >= 0.3 is 0 Å². The molecule has 0 aromatic carbocycles. The van der Waals surface area contributed by atoms with Crippen LogP contribution in [0.3, 0.4) is 0 Å². The van der Waals surface area contributed by atoms with Crippen molar-refractivity contribution in [3.8, 4) is 0 Å². The van der Waals surface area contributed by atoms with Crippen LogP contribution >= 0.6 is 0 Å². The average molecular weight is 287 g/mol. The zero-order chi connectivity index (χ0) is 14.1. The highest BCUT2D eigenvalue weighted by atomic mass is 15.3. The van der Waals surface area contributed by atoms with E-state index in [1.165, 1.54) is 45.2 Å². The van der Waals surface area contributed by atoms with Gasteiger partial charge < -0.3 is 10.2 Å². The van der Waals surface area contributed by atoms with Crippen molar-refractivity contribution in [2.24, 2.45) is 0 Å². The molecule has 1 aromatic heterocycles. The lowest BCUT2D eigenvalue weighted by Gasteiger charge is -2.24. The molecule has 114 valence electrons. The molecule has 2 saturated heterocycles. The van der Waals surface area contributed by atoms with Crippen molar-refractivity contribution in [3.63, 3.8) is 0 Å². The SMILES string of the molecule is c1ncc(N2CCC(N3CCCC3)C2)nc1CNC1CC1. The van der Waals surface area contributed by atoms with Gasteiger partial charge in [0.05, 0.1) is 11.9 Å². The highest BCUT2D eigenvalue weighted by Crippen LogP contribution is 2.24. The molecule has 1 atom stereocenters. The average Bonchev–Trinajstić information content (AvgIpc) is 3.01. The number of hydrogen-bond acceptors (Lipinski definition) is 5. The monoisotopic (exact) mass is 287 g/mol. The maximum absolute atomic E-state index is 4.80. The Morgan fingerprint density at radius 3 is 2.76 bits per heavy atom. The van der Waals surface area contributed by atoms with Crippen molar-refractivity contribution in [2.45, 2.75) is 50.7 Å². The molecule has 3 fully saturated rings. The fraction of sp³-hybridized carbons (Fsp3) is 0.750. The van der Waals surface area contributed by atoms with E-state index in [4.69, 9.17) is 4.98 Å². The molecule has 1 aliphatic carbocycles. The number of nitrogens with zero attached hydrogens (tertiary/aromatic N) is 4. The van der Waals surface area contributed by atoms with E-state index in [0.717, 1.165) is 43.2 Å². The predicted molar refractivity (Wildman–Crippen MR) is 83.3 cm³/mol. The summed E-state index contributed by atoms with van der Waals surface area (Å²) in [6, 6.07) is 1.45. The van der Waals surface area contributed by atoms with Crippen LogP contribution in [0.4, 0.5) is 5.82 Å². The van der Waals surface area contributed by atoms with Gasteiger partial charge in [0.2, 0.25) is 0 Å². The summed E-state index contributed by atoms with van der Waals surface area (Å²) in [5, 5.41) is 3.51. The van der Waals surface area contributed by atoms with E-state index in [2.05, 4.69) is 20.1 Å². The van der Waals surface area contributed by atoms with Gasteiger partial charge in [-0.3, -0.25) is 9.88 Å². The van der Waals surface area contributed by atoms with Crippen LogP contribution in [0.1, 0.15) is 37.8 Å². The Hall–Kier alpha value is -1.20. The molecule has 3 aliphatic rings. The van der Waals surface area contributed by atoms with Crippen LogP contribution in [-0.2, 0) is 6.54 Å². The Kier molecular flexibility index (Phi) is 3.78. The summed E-state index contributed by atoms with van der Waals surface area (Å²) in [4.78, 5) is 14.3. The smallest absolute Gasteiger partial charge is 0.147 e. The Bertz CT molecular complexity index is 481. The van der Waals surface area contributed by atoms with Crippen molar-refractivity contribution in [3.05, 3.63) is 18.1 Å². The Morgan fingerprint density at radius 1 is 1.10 bits per heavy atom. The Morgan fingerprint density at radius 2 is 1.95 bits per heavy atom. The molecular formula is C16H25N5. The van der Waals surface area contributed by atoms with Crippen LogP contribution in [-0.4, -0.2) is 53.1 Å². The third-order valence-corrected chi connectivity index (χ3v) is 4.97. The molecule has 2 aliphatic heterocycles. The van der Waals surface area contributed by atoms with Gasteiger partial charge in [0.1, 0.15) is 5.82 Å². The van der Waals surface area contributed by atoms with Crippen LogP contribution < -0.4 is 10.2 Å². The topological polar surface area (TPSA) is 44.3 Å². The fourth-order valence-electron chi connectivity index (χ4n) is 3.52. The van der Waals surface area contributed by atoms with E-state index in [9.17, 15) is 0 Å². The molecule has 1 N–H and O–H groups in total. The largest absolute Gasteiger partial charge is 0.354 e. The first-order chi connectivity index (χ1) is 10.4. The first-order valence-electron chi connectivity index (χ1n) is 8.42. The first-order valence-corrected chi connectivity index (χ1v) is 8.42. The Balaban J connectivity index is 1.37. The van der Waals surface area contributed by atoms with Crippen LogP contribution in [0, 0.1) is 0 Å². The van der Waals surface area contributed by atoms with Gasteiger partial charge in [0.25, 0.3) is 0 Å². The summed E-state index contributed by atoms with van der Waals surface area (Å²) in [5.41, 5.74) is 1.07. The van der Waals surface area contributed by atoms with Gasteiger partial charge in [-0.25, -0.2) is 4.98 Å². The zero-order valence-electron chi connectivity index (χ0n) is 12.7. The second-order valence-corrected chi connectivity index (χ2v) is 6.66. The van der Waals surface area contributed by atoms with Gasteiger partial charge in [-0.05, 0) is 45.2 Å². The lowest BCUT2D eigenvalue weighted by molar-refractivity contribution is 0.260. The maximum atomic E-state index is 4.80. The van der Waals surface area contributed by atoms with Crippen LogP contribution in [0.25, 0.3) is 0 Å². The van der Waals surface area contributed by atoms with E-state index in [-0.39, 0.29) is 0 Å². The molecule has 0 radical (unpaired) electrons. The van der Waals surface area contributed by atoms with Gasteiger partial charge in [0, 0.05) is 37.9 Å². The zero-order valence-corrected chi connectivity index (χ0v) is 12.7. The molecule has 5 nitrogen and oxygen atoms in total. The number of nitrogens with one attached hydrogen (secondary N) is 1. The summed E-state index contributed by atoms with van der Waals surface area (Å²) < 4.78 is 0. The minimum atomic E-state index is 0.724. The quantitative estimate of drug-likeness (QED) is 0.887. The molecule has 4 rings (SSSR count). The van der Waals surface area contributed by atoms with Crippen molar-refractivity contribution < 1.29 is 0 Å². The molecule has 0 bridgehead atoms. The third-order valence-electron chi connectivity index (χ3n) is 4.97. The minimum Gasteiger partial charge on any atom is -0.354 e. The summed E-state index contributed by atoms with van der Waals surface area (Å²) in [6.07, 6.45) is 10.5. The molecule has 1 unspecified atom stereocenters. The number of anilines is 1. The molecule has 1 aromatic rings. The van der Waals surface area contributed by atoms with Crippen molar-refractivity contribution >= 4 is 5.82 Å². The summed E-state index contributed by atoms with van der Waals surface area (Å²) >= 11 is 0. The van der Waals surface area contributed by atoms with Gasteiger partial charge in [-0.1, -0.05) is 0 Å². The summed E-state index contributed by atoms with van der Waals surface area (Å²) in [5.74, 6) is 1.06. The van der Waals surface area contributed by atoms with E-state index in [1.54, 1.807) is 0 Å². The van der Waals surface area contributed by atoms with Gasteiger partial charge in [-0.2, -0.15) is 0 Å². The summed E-state index contributed by atoms with van der Waals surface area (Å²) in [7, 11) is 0. The first kappa shape index (κ1) is 13.5. The molecule has 3 heterocycles. The van der Waals surface area contributed by atoms with E-state index in [0.29, 0.717) is 0 Å². The molecular weight excluding hydrogens is 262 g/mol. The van der Waals surface area contributed by atoms with Crippen LogP contribution in [0.2, 0.25) is 0 Å². The van der Waals surface area contributed by atoms with Crippen molar-refractivity contribution in [2.75, 3.05) is 31.1 Å². The van der Waals surface area contributed by atoms with Crippen molar-refractivity contribution in [1.82, 2.24) is 20.2 Å². The maximum Gasteiger partial charge on any atom is 0.147 e. The molecule has 0 amide bonds. The minimum absolute atomic E-state index is 0.724. The number of hydrogen-bond donors (Lipinski definition) is 1. The highest BCUT2D eigenvalue weighted by Gasteiger charge is 2.30. The van der Waals surface area contributed by atoms with E-state index < -0.39 is 0 Å². The Labute approximate surface area is 126 Å². The second kappa shape index (κ2) is 5.89. The second-order valence-electron chi connectivity index (χ2n) is 6.66. The fourth-order valence-corrected chi connectivity index (χ4v) is 3.52. The standard InChI is InChI=1S/C16H25N5/c1-2-7-20(6-1)15-5-8-21(12-15)16-11-17-9-14(19-16)10-18-13-3-4-13/h9,11,13,15,18H,1-8,10,12H2. The van der Waals surface area contributed by atoms with Crippen LogP contribution in [0.15, 0.2) is 12.4 Å². The third kappa shape index (κ3) is 3.19. The number of rotatable bonds is 5. The van der Waals surface area contributed by atoms with E-state index in [1.807, 2.05) is 12.4 Å². The molecule has 1 saturated carbocycles. The molecule has 0 spiro atoms. The normalized spacial score (nSPS) is 26.7. The van der Waals surface area contributed by atoms with Crippen LogP contribution in [0.5, 0.6) is 0 Å². The number of aromatic nitrogens is 2. The van der Waals surface area contributed by atoms with Crippen molar-refractivity contribution in [1.29, 1.82) is 0 Å². The van der Waals surface area contributed by atoms with Gasteiger partial charge in [0.15, 0.2) is 0 Å². The predicted octanol–water partition coefficient (Wildman–Crippen LogP) is 1.40. The molecule has 5 heteroatoms.